The van der Waals surface area contributed by atoms with E-state index in [0.29, 0.717) is 67.0 Å². The van der Waals surface area contributed by atoms with Gasteiger partial charge < -0.3 is 24.2 Å². The fraction of sp³-hybridized carbons (Fsp3) is 0.385. The number of halogens is 1. The molecule has 0 spiro atoms. The van der Waals surface area contributed by atoms with E-state index in [0.717, 1.165) is 19.6 Å². The van der Waals surface area contributed by atoms with Gasteiger partial charge in [0.2, 0.25) is 0 Å². The van der Waals surface area contributed by atoms with Gasteiger partial charge in [-0.15, -0.1) is 0 Å². The molecular formula is C26H27ClN2O6. The van der Waals surface area contributed by atoms with Crippen molar-refractivity contribution < 1.29 is 28.9 Å². The van der Waals surface area contributed by atoms with Crippen LogP contribution < -0.4 is 9.47 Å². The average molecular weight is 499 g/mol. The Labute approximate surface area is 208 Å². The Morgan fingerprint density at radius 3 is 2.40 bits per heavy atom. The van der Waals surface area contributed by atoms with Crippen molar-refractivity contribution in [3.63, 3.8) is 0 Å². The zero-order chi connectivity index (χ0) is 24.4. The molecule has 1 amide bonds. The summed E-state index contributed by atoms with van der Waals surface area (Å²) in [4.78, 5) is 30.2. The number of carbonyl (C=O) groups excluding carboxylic acids is 2. The lowest BCUT2D eigenvalue weighted by Crippen LogP contribution is -2.38. The number of ketones is 1. The van der Waals surface area contributed by atoms with Gasteiger partial charge in [0.25, 0.3) is 11.7 Å². The van der Waals surface area contributed by atoms with Crippen molar-refractivity contribution in [1.29, 1.82) is 0 Å². The van der Waals surface area contributed by atoms with Crippen LogP contribution >= 0.6 is 11.6 Å². The first kappa shape index (κ1) is 23.7. The Balaban J connectivity index is 1.48. The van der Waals surface area contributed by atoms with Gasteiger partial charge in [0.1, 0.15) is 19.0 Å². The van der Waals surface area contributed by atoms with Crippen molar-refractivity contribution >= 4 is 29.1 Å². The van der Waals surface area contributed by atoms with Crippen molar-refractivity contribution in [2.75, 3.05) is 52.6 Å². The summed E-state index contributed by atoms with van der Waals surface area (Å²) in [5.41, 5.74) is 1.15. The first-order valence-corrected chi connectivity index (χ1v) is 12.1. The van der Waals surface area contributed by atoms with Crippen LogP contribution in [0.2, 0.25) is 5.02 Å². The fourth-order valence-corrected chi connectivity index (χ4v) is 4.86. The molecule has 2 aromatic carbocycles. The van der Waals surface area contributed by atoms with Crippen LogP contribution in [0.3, 0.4) is 0 Å². The summed E-state index contributed by atoms with van der Waals surface area (Å²) < 4.78 is 16.6. The molecule has 0 unspecified atom stereocenters. The normalized spacial score (nSPS) is 22.0. The maximum absolute atomic E-state index is 13.2. The summed E-state index contributed by atoms with van der Waals surface area (Å²) in [6, 6.07) is 11.3. The van der Waals surface area contributed by atoms with E-state index in [9.17, 15) is 14.7 Å². The molecule has 2 saturated heterocycles. The maximum Gasteiger partial charge on any atom is 0.295 e. The molecule has 1 atom stereocenters. The molecule has 0 bridgehead atoms. The third-order valence-corrected chi connectivity index (χ3v) is 6.77. The van der Waals surface area contributed by atoms with Crippen LogP contribution in [0.5, 0.6) is 11.5 Å². The predicted molar refractivity (Wildman–Crippen MR) is 130 cm³/mol. The number of nitrogens with zero attached hydrogens (tertiary/aromatic N) is 2. The maximum atomic E-state index is 13.2. The van der Waals surface area contributed by atoms with Crippen molar-refractivity contribution in [3.05, 3.63) is 64.2 Å². The van der Waals surface area contributed by atoms with Gasteiger partial charge in [0, 0.05) is 36.8 Å². The predicted octanol–water partition coefficient (Wildman–Crippen LogP) is 3.26. The fourth-order valence-electron chi connectivity index (χ4n) is 4.74. The number of morpholine rings is 1. The monoisotopic (exact) mass is 498 g/mol. The summed E-state index contributed by atoms with van der Waals surface area (Å²) >= 11 is 6.09. The Morgan fingerprint density at radius 2 is 1.66 bits per heavy atom. The van der Waals surface area contributed by atoms with Crippen LogP contribution in [0.15, 0.2) is 48.0 Å². The zero-order valence-corrected chi connectivity index (χ0v) is 20.0. The number of rotatable bonds is 6. The Bertz CT molecular complexity index is 1140. The molecule has 184 valence electrons. The smallest absolute Gasteiger partial charge is 0.295 e. The highest BCUT2D eigenvalue weighted by Gasteiger charge is 2.45. The van der Waals surface area contributed by atoms with Crippen LogP contribution in [-0.2, 0) is 14.3 Å². The summed E-state index contributed by atoms with van der Waals surface area (Å²) in [6.45, 7) is 5.12. The summed E-state index contributed by atoms with van der Waals surface area (Å²) in [5, 5.41) is 11.8. The van der Waals surface area contributed by atoms with Gasteiger partial charge in [-0.3, -0.25) is 14.5 Å². The Morgan fingerprint density at radius 1 is 0.943 bits per heavy atom. The Kier molecular flexibility index (Phi) is 6.95. The number of hydrogen-bond acceptors (Lipinski definition) is 7. The average Bonchev–Trinajstić information content (AvgIpc) is 3.14. The minimum Gasteiger partial charge on any atom is -0.507 e. The number of fused-ring (bicyclic) bond motifs is 1. The summed E-state index contributed by atoms with van der Waals surface area (Å²) in [6.07, 6.45) is 0.696. The molecule has 2 aromatic rings. The number of carbonyl (C=O) groups is 2. The standard InChI is InChI=1S/C26H27ClN2O6/c27-19-5-2-17(3-6-19)23-22(24(30)18-4-7-20-21(16-18)35-15-14-34-20)25(31)26(32)29(23)9-1-8-28-10-12-33-13-11-28/h2-7,16,23,30H,1,8-15H2/b24-22+/t23-/m0/s1. The van der Waals surface area contributed by atoms with Crippen LogP contribution in [0.25, 0.3) is 5.76 Å². The minimum atomic E-state index is -0.717. The number of benzene rings is 2. The lowest BCUT2D eigenvalue weighted by atomic mass is 9.95. The molecule has 0 saturated carbocycles. The number of hydrogen-bond donors (Lipinski definition) is 1. The Hall–Kier alpha value is -3.07. The molecule has 35 heavy (non-hydrogen) atoms. The molecule has 1 N–H and O–H groups in total. The van der Waals surface area contributed by atoms with E-state index in [1.165, 1.54) is 0 Å². The highest BCUT2D eigenvalue weighted by Crippen LogP contribution is 2.41. The number of amides is 1. The molecule has 8 nitrogen and oxygen atoms in total. The molecule has 9 heteroatoms. The second-order valence-electron chi connectivity index (χ2n) is 8.71. The van der Waals surface area contributed by atoms with Crippen molar-refractivity contribution in [2.45, 2.75) is 12.5 Å². The molecule has 0 aromatic heterocycles. The SMILES string of the molecule is O=C1C(=O)N(CCCN2CCOCC2)[C@@H](c2ccc(Cl)cc2)/C1=C(\O)c1ccc2c(c1)OCCO2. The van der Waals surface area contributed by atoms with E-state index in [4.69, 9.17) is 25.8 Å². The van der Waals surface area contributed by atoms with E-state index in [-0.39, 0.29) is 11.3 Å². The lowest BCUT2D eigenvalue weighted by Gasteiger charge is -2.29. The summed E-state index contributed by atoms with van der Waals surface area (Å²) in [7, 11) is 0. The minimum absolute atomic E-state index is 0.0559. The highest BCUT2D eigenvalue weighted by molar-refractivity contribution is 6.46. The molecule has 0 radical (unpaired) electrons. The van der Waals surface area contributed by atoms with Crippen LogP contribution in [-0.4, -0.2) is 79.2 Å². The van der Waals surface area contributed by atoms with Gasteiger partial charge >= 0.3 is 0 Å². The van der Waals surface area contributed by atoms with E-state index < -0.39 is 17.7 Å². The third-order valence-electron chi connectivity index (χ3n) is 6.52. The number of likely N-dealkylation sites (tertiary alicyclic amines) is 1. The van der Waals surface area contributed by atoms with E-state index in [1.807, 2.05) is 0 Å². The van der Waals surface area contributed by atoms with E-state index in [2.05, 4.69) is 4.90 Å². The van der Waals surface area contributed by atoms with Crippen LogP contribution in [0, 0.1) is 0 Å². The van der Waals surface area contributed by atoms with Crippen LogP contribution in [0.4, 0.5) is 0 Å². The second-order valence-corrected chi connectivity index (χ2v) is 9.15. The number of aliphatic hydroxyl groups excluding tert-OH is 1. The molecule has 3 aliphatic rings. The molecule has 2 fully saturated rings. The van der Waals surface area contributed by atoms with Gasteiger partial charge in [-0.05, 0) is 42.3 Å². The molecule has 3 aliphatic heterocycles. The number of ether oxygens (including phenoxy) is 3. The second kappa shape index (κ2) is 10.3. The van der Waals surface area contributed by atoms with Gasteiger partial charge in [-0.1, -0.05) is 23.7 Å². The first-order chi connectivity index (χ1) is 17.0. The quantitative estimate of drug-likeness (QED) is 0.371. The van der Waals surface area contributed by atoms with E-state index >= 15 is 0 Å². The molecule has 3 heterocycles. The number of Topliss-reactive ketones (excluding diaryl/α,β-unsaturated/α-hetero) is 1. The van der Waals surface area contributed by atoms with Gasteiger partial charge in [0.15, 0.2) is 11.5 Å². The molecular weight excluding hydrogens is 472 g/mol. The van der Waals surface area contributed by atoms with Gasteiger partial charge in [-0.25, -0.2) is 0 Å². The van der Waals surface area contributed by atoms with Crippen LogP contribution in [0.1, 0.15) is 23.6 Å². The summed E-state index contributed by atoms with van der Waals surface area (Å²) in [5.74, 6) is -0.501. The third kappa shape index (κ3) is 4.87. The van der Waals surface area contributed by atoms with Crippen molar-refractivity contribution in [1.82, 2.24) is 9.80 Å². The zero-order valence-electron chi connectivity index (χ0n) is 19.2. The van der Waals surface area contributed by atoms with E-state index in [1.54, 1.807) is 47.4 Å². The molecule has 5 rings (SSSR count). The van der Waals surface area contributed by atoms with Gasteiger partial charge in [-0.2, -0.15) is 0 Å². The first-order valence-electron chi connectivity index (χ1n) is 11.8. The van der Waals surface area contributed by atoms with Crippen molar-refractivity contribution in [2.24, 2.45) is 0 Å². The highest BCUT2D eigenvalue weighted by atomic mass is 35.5. The number of aliphatic hydroxyl groups is 1. The topological polar surface area (TPSA) is 88.5 Å². The largest absolute Gasteiger partial charge is 0.507 e. The molecule has 0 aliphatic carbocycles. The lowest BCUT2D eigenvalue weighted by molar-refractivity contribution is -0.140. The van der Waals surface area contributed by atoms with Gasteiger partial charge in [0.05, 0.1) is 24.8 Å². The van der Waals surface area contributed by atoms with Crippen molar-refractivity contribution in [3.8, 4) is 11.5 Å².